The van der Waals surface area contributed by atoms with E-state index in [1.807, 2.05) is 13.8 Å². The fourth-order valence-electron chi connectivity index (χ4n) is 2.55. The first-order valence-electron chi connectivity index (χ1n) is 7.61. The van der Waals surface area contributed by atoms with Crippen LogP contribution in [0.2, 0.25) is 0 Å². The van der Waals surface area contributed by atoms with Gasteiger partial charge in [0.25, 0.3) is 5.56 Å². The topological polar surface area (TPSA) is 52.2 Å². The van der Waals surface area contributed by atoms with Crippen molar-refractivity contribution in [2.24, 2.45) is 0 Å². The number of aromatic nitrogens is 2. The van der Waals surface area contributed by atoms with E-state index in [4.69, 9.17) is 0 Å². The maximum atomic E-state index is 11.7. The number of hydrogen-bond acceptors (Lipinski definition) is 4. The number of nitrogens with one attached hydrogen (secondary N) is 1. The number of rotatable bonds is 4. The molecule has 1 aromatic heterocycles. The van der Waals surface area contributed by atoms with E-state index in [0.29, 0.717) is 6.04 Å². The summed E-state index contributed by atoms with van der Waals surface area (Å²) in [5.74, 6) is 1.84. The number of aromatic amines is 1. The maximum Gasteiger partial charge on any atom is 0.252 e. The summed E-state index contributed by atoms with van der Waals surface area (Å²) in [7, 11) is 0. The van der Waals surface area contributed by atoms with Crippen LogP contribution in [-0.4, -0.2) is 47.1 Å². The summed E-state index contributed by atoms with van der Waals surface area (Å²) in [5.41, 5.74) is -0.0527. The second kappa shape index (κ2) is 6.39. The van der Waals surface area contributed by atoms with Crippen molar-refractivity contribution in [2.75, 3.05) is 31.1 Å². The zero-order valence-electron chi connectivity index (χ0n) is 13.0. The number of hydrogen-bond donors (Lipinski definition) is 1. The fraction of sp³-hybridized carbons (Fsp3) is 0.733. The predicted molar refractivity (Wildman–Crippen MR) is 82.5 cm³/mol. The molecular weight excluding hydrogens is 252 g/mol. The molecule has 0 saturated carbocycles. The molecule has 20 heavy (non-hydrogen) atoms. The molecule has 0 amide bonds. The minimum atomic E-state index is -0.0527. The largest absolute Gasteiger partial charge is 0.354 e. The predicted octanol–water partition coefficient (Wildman–Crippen LogP) is 1.81. The third kappa shape index (κ3) is 3.39. The van der Waals surface area contributed by atoms with Crippen LogP contribution in [0.5, 0.6) is 0 Å². The first-order valence-corrected chi connectivity index (χ1v) is 7.61. The Morgan fingerprint density at radius 1 is 1.25 bits per heavy atom. The quantitative estimate of drug-likeness (QED) is 0.912. The van der Waals surface area contributed by atoms with E-state index in [-0.39, 0.29) is 11.5 Å². The lowest BCUT2D eigenvalue weighted by atomic mass is 10.2. The van der Waals surface area contributed by atoms with Gasteiger partial charge >= 0.3 is 0 Å². The highest BCUT2D eigenvalue weighted by Gasteiger charge is 2.21. The molecule has 0 aliphatic carbocycles. The summed E-state index contributed by atoms with van der Waals surface area (Å²) in [6, 6.07) is 2.25. The van der Waals surface area contributed by atoms with Crippen molar-refractivity contribution in [2.45, 2.75) is 46.1 Å². The van der Waals surface area contributed by atoms with Crippen molar-refractivity contribution >= 4 is 5.82 Å². The van der Waals surface area contributed by atoms with Crippen LogP contribution in [0.1, 0.15) is 45.9 Å². The van der Waals surface area contributed by atoms with Gasteiger partial charge in [-0.05, 0) is 13.3 Å². The molecule has 5 nitrogen and oxygen atoms in total. The Morgan fingerprint density at radius 2 is 1.90 bits per heavy atom. The van der Waals surface area contributed by atoms with Crippen molar-refractivity contribution < 1.29 is 0 Å². The molecule has 1 N–H and O–H groups in total. The van der Waals surface area contributed by atoms with Crippen LogP contribution >= 0.6 is 0 Å². The van der Waals surface area contributed by atoms with Crippen LogP contribution < -0.4 is 10.5 Å². The molecule has 1 atom stereocenters. The molecule has 0 spiro atoms. The molecule has 0 aromatic carbocycles. The first-order chi connectivity index (χ1) is 9.51. The third-order valence-electron chi connectivity index (χ3n) is 4.15. The Hall–Kier alpha value is -1.36. The average molecular weight is 278 g/mol. The number of anilines is 1. The lowest BCUT2D eigenvalue weighted by molar-refractivity contribution is 0.192. The number of piperazine rings is 1. The molecule has 1 aliphatic rings. The maximum absolute atomic E-state index is 11.7. The molecule has 0 radical (unpaired) electrons. The number of nitrogens with zero attached hydrogens (tertiary/aromatic N) is 3. The Bertz CT molecular complexity index is 489. The van der Waals surface area contributed by atoms with Gasteiger partial charge in [-0.1, -0.05) is 20.8 Å². The SMILES string of the molecule is CCC(C)N1CCN(c2cc(=O)[nH]c(C(C)C)n2)CC1. The van der Waals surface area contributed by atoms with E-state index >= 15 is 0 Å². The van der Waals surface area contributed by atoms with Gasteiger partial charge in [-0.15, -0.1) is 0 Å². The standard InChI is InChI=1S/C15H26N4O/c1-5-12(4)18-6-8-19(9-7-18)13-10-14(20)17-15(16-13)11(2)3/h10-12H,5-9H2,1-4H3,(H,16,17,20). The normalized spacial score (nSPS) is 18.6. The molecule has 1 aromatic rings. The minimum Gasteiger partial charge on any atom is -0.354 e. The highest BCUT2D eigenvalue weighted by atomic mass is 16.1. The van der Waals surface area contributed by atoms with Crippen LogP contribution in [0, 0.1) is 0 Å². The van der Waals surface area contributed by atoms with Crippen molar-refractivity contribution in [3.05, 3.63) is 22.2 Å². The average Bonchev–Trinajstić information content (AvgIpc) is 2.46. The van der Waals surface area contributed by atoms with Gasteiger partial charge in [-0.3, -0.25) is 9.69 Å². The van der Waals surface area contributed by atoms with E-state index in [1.165, 1.54) is 6.42 Å². The molecule has 1 aliphatic heterocycles. The molecule has 2 heterocycles. The van der Waals surface area contributed by atoms with Gasteiger partial charge in [0, 0.05) is 44.2 Å². The summed E-state index contributed by atoms with van der Waals surface area (Å²) in [6.07, 6.45) is 1.18. The zero-order chi connectivity index (χ0) is 14.7. The van der Waals surface area contributed by atoms with Gasteiger partial charge in [0.05, 0.1) is 0 Å². The van der Waals surface area contributed by atoms with Crippen LogP contribution in [0.15, 0.2) is 10.9 Å². The van der Waals surface area contributed by atoms with Crippen molar-refractivity contribution in [1.82, 2.24) is 14.9 Å². The van der Waals surface area contributed by atoms with E-state index in [0.717, 1.165) is 37.8 Å². The summed E-state index contributed by atoms with van der Waals surface area (Å²) < 4.78 is 0. The van der Waals surface area contributed by atoms with E-state index in [1.54, 1.807) is 6.07 Å². The molecule has 5 heteroatoms. The van der Waals surface area contributed by atoms with Crippen molar-refractivity contribution in [1.29, 1.82) is 0 Å². The molecule has 112 valence electrons. The minimum absolute atomic E-state index is 0.0527. The van der Waals surface area contributed by atoms with Gasteiger partial charge in [0.15, 0.2) is 0 Å². The smallest absolute Gasteiger partial charge is 0.252 e. The second-order valence-corrected chi connectivity index (χ2v) is 5.92. The van der Waals surface area contributed by atoms with Crippen LogP contribution in [0.4, 0.5) is 5.82 Å². The molecule has 1 unspecified atom stereocenters. The van der Waals surface area contributed by atoms with Crippen LogP contribution in [-0.2, 0) is 0 Å². The highest BCUT2D eigenvalue weighted by molar-refractivity contribution is 5.38. The van der Waals surface area contributed by atoms with E-state index in [2.05, 4.69) is 33.6 Å². The molecule has 2 rings (SSSR count). The van der Waals surface area contributed by atoms with Crippen molar-refractivity contribution in [3.63, 3.8) is 0 Å². The third-order valence-corrected chi connectivity index (χ3v) is 4.15. The van der Waals surface area contributed by atoms with Crippen LogP contribution in [0.3, 0.4) is 0 Å². The van der Waals surface area contributed by atoms with E-state index in [9.17, 15) is 4.79 Å². The van der Waals surface area contributed by atoms with Gasteiger partial charge in [0.1, 0.15) is 11.6 Å². The Labute approximate surface area is 121 Å². The second-order valence-electron chi connectivity index (χ2n) is 5.92. The first kappa shape index (κ1) is 15.0. The summed E-state index contributed by atoms with van der Waals surface area (Å²) in [4.78, 5) is 23.9. The molecule has 1 fully saturated rings. The molecule has 0 bridgehead atoms. The number of H-pyrrole nitrogens is 1. The molecule has 1 saturated heterocycles. The lowest BCUT2D eigenvalue weighted by Crippen LogP contribution is -2.50. The summed E-state index contributed by atoms with van der Waals surface area (Å²) >= 11 is 0. The lowest BCUT2D eigenvalue weighted by Gasteiger charge is -2.38. The molecular formula is C15H26N4O. The van der Waals surface area contributed by atoms with Gasteiger partial charge in [0.2, 0.25) is 0 Å². The van der Waals surface area contributed by atoms with Crippen LogP contribution in [0.25, 0.3) is 0 Å². The summed E-state index contributed by atoms with van der Waals surface area (Å²) in [5, 5.41) is 0. The monoisotopic (exact) mass is 278 g/mol. The zero-order valence-corrected chi connectivity index (χ0v) is 13.0. The highest BCUT2D eigenvalue weighted by Crippen LogP contribution is 2.16. The Balaban J connectivity index is 2.09. The van der Waals surface area contributed by atoms with Gasteiger partial charge in [-0.2, -0.15) is 0 Å². The van der Waals surface area contributed by atoms with E-state index < -0.39 is 0 Å². The Morgan fingerprint density at radius 3 is 2.45 bits per heavy atom. The van der Waals surface area contributed by atoms with Gasteiger partial charge in [-0.25, -0.2) is 4.98 Å². The summed E-state index contributed by atoms with van der Waals surface area (Å²) in [6.45, 7) is 12.6. The van der Waals surface area contributed by atoms with Crippen molar-refractivity contribution in [3.8, 4) is 0 Å². The Kier molecular flexibility index (Phi) is 4.81. The van der Waals surface area contributed by atoms with Gasteiger partial charge < -0.3 is 9.88 Å². The fourth-order valence-corrected chi connectivity index (χ4v) is 2.55.